The van der Waals surface area contributed by atoms with E-state index >= 15 is 0 Å². The highest BCUT2D eigenvalue weighted by Crippen LogP contribution is 2.46. The smallest absolute Gasteiger partial charge is 0.303 e. The highest BCUT2D eigenvalue weighted by Gasteiger charge is 2.38. The van der Waals surface area contributed by atoms with Gasteiger partial charge in [-0.1, -0.05) is 0 Å². The second-order valence-electron chi connectivity index (χ2n) is 4.22. The zero-order valence-corrected chi connectivity index (χ0v) is 8.55. The van der Waals surface area contributed by atoms with E-state index in [1.807, 2.05) is 11.8 Å². The van der Waals surface area contributed by atoms with E-state index in [1.54, 1.807) is 0 Å². The summed E-state index contributed by atoms with van der Waals surface area (Å²) in [6.07, 6.45) is 4.22. The number of rotatable bonds is 4. The van der Waals surface area contributed by atoms with Gasteiger partial charge in [-0.05, 0) is 48.5 Å². The number of carbonyl (C=O) groups is 1. The molecule has 13 heavy (non-hydrogen) atoms. The molecule has 2 unspecified atom stereocenters. The molecule has 0 bridgehead atoms. The van der Waals surface area contributed by atoms with Crippen LogP contribution in [0.1, 0.15) is 25.7 Å². The number of hydrogen-bond donors (Lipinski definition) is 1. The van der Waals surface area contributed by atoms with Crippen molar-refractivity contribution in [3.8, 4) is 0 Å². The summed E-state index contributed by atoms with van der Waals surface area (Å²) in [6.45, 7) is 0. The van der Waals surface area contributed by atoms with E-state index in [9.17, 15) is 4.79 Å². The van der Waals surface area contributed by atoms with Crippen molar-refractivity contribution in [1.82, 2.24) is 0 Å². The summed E-state index contributed by atoms with van der Waals surface area (Å²) in [5, 5.41) is 8.81. The molecule has 0 amide bonds. The maximum Gasteiger partial charge on any atom is 0.303 e. The van der Waals surface area contributed by atoms with Gasteiger partial charge in [0, 0.05) is 6.42 Å². The third-order valence-electron chi connectivity index (χ3n) is 3.21. The Bertz CT molecular complexity index is 195. The van der Waals surface area contributed by atoms with Crippen molar-refractivity contribution in [1.29, 1.82) is 0 Å². The SMILES string of the molecule is O=C(O)CC(C1CC1)C1CCSC1. The monoisotopic (exact) mass is 200 g/mol. The normalized spacial score (nSPS) is 30.3. The van der Waals surface area contributed by atoms with Gasteiger partial charge in [0.1, 0.15) is 0 Å². The first-order valence-electron chi connectivity index (χ1n) is 5.07. The Morgan fingerprint density at radius 3 is 2.62 bits per heavy atom. The van der Waals surface area contributed by atoms with Crippen molar-refractivity contribution in [3.63, 3.8) is 0 Å². The number of aliphatic carboxylic acids is 1. The van der Waals surface area contributed by atoms with Gasteiger partial charge in [-0.15, -0.1) is 0 Å². The highest BCUT2D eigenvalue weighted by molar-refractivity contribution is 7.99. The van der Waals surface area contributed by atoms with Crippen molar-refractivity contribution < 1.29 is 9.90 Å². The first-order chi connectivity index (χ1) is 6.27. The molecular formula is C10H16O2S. The first-order valence-corrected chi connectivity index (χ1v) is 6.22. The highest BCUT2D eigenvalue weighted by atomic mass is 32.2. The molecule has 0 spiro atoms. The molecule has 2 fully saturated rings. The lowest BCUT2D eigenvalue weighted by molar-refractivity contribution is -0.138. The van der Waals surface area contributed by atoms with Gasteiger partial charge in [-0.3, -0.25) is 4.79 Å². The van der Waals surface area contributed by atoms with Gasteiger partial charge in [-0.25, -0.2) is 0 Å². The van der Waals surface area contributed by atoms with Crippen molar-refractivity contribution >= 4 is 17.7 Å². The molecule has 2 nitrogen and oxygen atoms in total. The summed E-state index contributed by atoms with van der Waals surface area (Å²) in [4.78, 5) is 10.7. The van der Waals surface area contributed by atoms with E-state index in [-0.39, 0.29) is 0 Å². The molecule has 1 aliphatic carbocycles. The predicted octanol–water partition coefficient (Wildman–Crippen LogP) is 2.24. The predicted molar refractivity (Wildman–Crippen MR) is 53.9 cm³/mol. The number of thioether (sulfide) groups is 1. The van der Waals surface area contributed by atoms with Gasteiger partial charge < -0.3 is 5.11 Å². The van der Waals surface area contributed by atoms with Crippen LogP contribution in [0.2, 0.25) is 0 Å². The van der Waals surface area contributed by atoms with Crippen molar-refractivity contribution in [2.24, 2.45) is 17.8 Å². The second kappa shape index (κ2) is 3.91. The topological polar surface area (TPSA) is 37.3 Å². The Morgan fingerprint density at radius 2 is 2.15 bits per heavy atom. The lowest BCUT2D eigenvalue weighted by Gasteiger charge is -2.20. The van der Waals surface area contributed by atoms with Crippen LogP contribution in [0.3, 0.4) is 0 Å². The van der Waals surface area contributed by atoms with Crippen LogP contribution in [0.15, 0.2) is 0 Å². The first kappa shape index (κ1) is 9.38. The van der Waals surface area contributed by atoms with Gasteiger partial charge >= 0.3 is 5.97 Å². The Morgan fingerprint density at radius 1 is 1.38 bits per heavy atom. The third kappa shape index (κ3) is 2.39. The van der Waals surface area contributed by atoms with Gasteiger partial charge in [-0.2, -0.15) is 11.8 Å². The van der Waals surface area contributed by atoms with E-state index in [4.69, 9.17) is 5.11 Å². The summed E-state index contributed by atoms with van der Waals surface area (Å²) in [5.41, 5.74) is 0. The minimum atomic E-state index is -0.603. The Hall–Kier alpha value is -0.180. The fourth-order valence-electron chi connectivity index (χ4n) is 2.33. The quantitative estimate of drug-likeness (QED) is 0.756. The Balaban J connectivity index is 1.91. The lowest BCUT2D eigenvalue weighted by atomic mass is 9.85. The summed E-state index contributed by atoms with van der Waals surface area (Å²) in [7, 11) is 0. The van der Waals surface area contributed by atoms with Crippen LogP contribution in [0.25, 0.3) is 0 Å². The summed E-state index contributed by atoms with van der Waals surface area (Å²) in [6, 6.07) is 0. The number of carboxylic acid groups (broad SMARTS) is 1. The molecule has 0 aromatic rings. The van der Waals surface area contributed by atoms with Crippen LogP contribution in [-0.4, -0.2) is 22.6 Å². The average molecular weight is 200 g/mol. The fraction of sp³-hybridized carbons (Fsp3) is 0.900. The fourth-order valence-corrected chi connectivity index (χ4v) is 3.69. The Kier molecular flexibility index (Phi) is 2.82. The van der Waals surface area contributed by atoms with Crippen LogP contribution in [0.4, 0.5) is 0 Å². The van der Waals surface area contributed by atoms with Crippen LogP contribution < -0.4 is 0 Å². The molecular weight excluding hydrogens is 184 g/mol. The molecule has 0 radical (unpaired) electrons. The van der Waals surface area contributed by atoms with Crippen LogP contribution in [-0.2, 0) is 4.79 Å². The molecule has 74 valence electrons. The summed E-state index contributed by atoms with van der Waals surface area (Å²) >= 11 is 1.99. The van der Waals surface area contributed by atoms with Crippen molar-refractivity contribution in [3.05, 3.63) is 0 Å². The third-order valence-corrected chi connectivity index (χ3v) is 4.40. The van der Waals surface area contributed by atoms with Crippen molar-refractivity contribution in [2.45, 2.75) is 25.7 Å². The molecule has 1 saturated carbocycles. The Labute approximate surface area is 83.1 Å². The van der Waals surface area contributed by atoms with E-state index in [0.29, 0.717) is 18.3 Å². The lowest BCUT2D eigenvalue weighted by Crippen LogP contribution is -2.20. The minimum absolute atomic E-state index is 0.413. The zero-order chi connectivity index (χ0) is 9.26. The van der Waals surface area contributed by atoms with Crippen LogP contribution >= 0.6 is 11.8 Å². The molecule has 1 saturated heterocycles. The van der Waals surface area contributed by atoms with E-state index in [2.05, 4.69) is 0 Å². The van der Waals surface area contributed by atoms with Crippen LogP contribution in [0.5, 0.6) is 0 Å². The maximum absolute atomic E-state index is 10.7. The molecule has 1 heterocycles. The zero-order valence-electron chi connectivity index (χ0n) is 7.74. The van der Waals surface area contributed by atoms with Crippen LogP contribution in [0, 0.1) is 17.8 Å². The van der Waals surface area contributed by atoms with Gasteiger partial charge in [0.15, 0.2) is 0 Å². The molecule has 2 atom stereocenters. The molecule has 2 rings (SSSR count). The molecule has 1 aliphatic heterocycles. The van der Waals surface area contributed by atoms with E-state index < -0.39 is 5.97 Å². The molecule has 2 aliphatic rings. The largest absolute Gasteiger partial charge is 0.481 e. The summed E-state index contributed by atoms with van der Waals surface area (Å²) in [5.74, 6) is 3.79. The van der Waals surface area contributed by atoms with Gasteiger partial charge in [0.25, 0.3) is 0 Å². The van der Waals surface area contributed by atoms with E-state index in [0.717, 1.165) is 5.92 Å². The summed E-state index contributed by atoms with van der Waals surface area (Å²) < 4.78 is 0. The molecule has 1 N–H and O–H groups in total. The minimum Gasteiger partial charge on any atom is -0.481 e. The van der Waals surface area contributed by atoms with E-state index in [1.165, 1.54) is 30.8 Å². The average Bonchev–Trinajstić information content (AvgIpc) is 2.77. The van der Waals surface area contributed by atoms with Gasteiger partial charge in [0.05, 0.1) is 0 Å². The second-order valence-corrected chi connectivity index (χ2v) is 5.37. The number of hydrogen-bond acceptors (Lipinski definition) is 2. The molecule has 3 heteroatoms. The maximum atomic E-state index is 10.7. The number of carboxylic acids is 1. The molecule has 0 aromatic carbocycles. The standard InChI is InChI=1S/C10H16O2S/c11-10(12)5-9(7-1-2-7)8-3-4-13-6-8/h7-9H,1-6H2,(H,11,12). The van der Waals surface area contributed by atoms with Crippen molar-refractivity contribution in [2.75, 3.05) is 11.5 Å². The van der Waals surface area contributed by atoms with Gasteiger partial charge in [0.2, 0.25) is 0 Å². The molecule has 0 aromatic heterocycles.